The summed E-state index contributed by atoms with van der Waals surface area (Å²) in [6, 6.07) is 12.7. The van der Waals surface area contributed by atoms with Crippen LogP contribution in [-0.4, -0.2) is 32.4 Å². The molecule has 4 aromatic rings. The number of hydrogen-bond acceptors (Lipinski definition) is 7. The molecule has 0 spiro atoms. The third-order valence-corrected chi connectivity index (χ3v) is 4.15. The van der Waals surface area contributed by atoms with Crippen molar-refractivity contribution in [2.24, 2.45) is 0 Å². The average Bonchev–Trinajstić information content (AvgIpc) is 2.68. The van der Waals surface area contributed by atoms with E-state index in [-0.39, 0.29) is 5.75 Å². The maximum absolute atomic E-state index is 9.91. The zero-order valence-corrected chi connectivity index (χ0v) is 14.8. The number of rotatable bonds is 4. The molecule has 134 valence electrons. The van der Waals surface area contributed by atoms with Crippen LogP contribution in [0.15, 0.2) is 54.9 Å². The number of aryl methyl sites for hydroxylation is 1. The van der Waals surface area contributed by atoms with Gasteiger partial charge < -0.3 is 15.2 Å². The number of nitrogens with zero attached hydrogens (tertiary/aromatic N) is 4. The Morgan fingerprint density at radius 1 is 0.963 bits per heavy atom. The molecule has 0 aliphatic carbocycles. The molecule has 0 aliphatic rings. The zero-order chi connectivity index (χ0) is 18.8. The van der Waals surface area contributed by atoms with Gasteiger partial charge in [-0.15, -0.1) is 10.2 Å². The molecule has 27 heavy (non-hydrogen) atoms. The summed E-state index contributed by atoms with van der Waals surface area (Å²) in [5.74, 6) is 1.15. The number of nitrogens with one attached hydrogen (secondary N) is 1. The predicted octanol–water partition coefficient (Wildman–Crippen LogP) is 3.85. The maximum Gasteiger partial charge on any atom is 0.247 e. The third kappa shape index (κ3) is 3.48. The molecule has 0 amide bonds. The van der Waals surface area contributed by atoms with Gasteiger partial charge in [0.2, 0.25) is 5.95 Å². The number of benzene rings is 2. The summed E-state index contributed by atoms with van der Waals surface area (Å²) < 4.78 is 5.23. The Balaban J connectivity index is 1.74. The summed E-state index contributed by atoms with van der Waals surface area (Å²) in [4.78, 5) is 8.56. The topological polar surface area (TPSA) is 93.1 Å². The van der Waals surface area contributed by atoms with Crippen LogP contribution in [0.25, 0.3) is 22.2 Å². The van der Waals surface area contributed by atoms with E-state index in [4.69, 9.17) is 4.74 Å². The highest BCUT2D eigenvalue weighted by molar-refractivity contribution is 5.85. The molecule has 0 atom stereocenters. The first kappa shape index (κ1) is 16.7. The molecule has 2 aromatic carbocycles. The predicted molar refractivity (Wildman–Crippen MR) is 103 cm³/mol. The summed E-state index contributed by atoms with van der Waals surface area (Å²) in [7, 11) is 1.57. The van der Waals surface area contributed by atoms with Gasteiger partial charge in [0, 0.05) is 24.1 Å². The average molecular weight is 359 g/mol. The molecule has 0 radical (unpaired) electrons. The Labute approximate surface area is 155 Å². The summed E-state index contributed by atoms with van der Waals surface area (Å²) in [6.07, 6.45) is 3.38. The molecule has 0 aliphatic heterocycles. The Hall–Kier alpha value is -3.74. The molecular formula is C20H17N5O2. The van der Waals surface area contributed by atoms with Crippen molar-refractivity contribution in [3.8, 4) is 22.6 Å². The number of methoxy groups -OCH3 is 1. The minimum atomic E-state index is 0.142. The van der Waals surface area contributed by atoms with Crippen LogP contribution < -0.4 is 10.1 Å². The second-order valence-corrected chi connectivity index (χ2v) is 6.08. The van der Waals surface area contributed by atoms with Crippen LogP contribution >= 0.6 is 0 Å². The van der Waals surface area contributed by atoms with Gasteiger partial charge in [-0.1, -0.05) is 0 Å². The molecular weight excluding hydrogens is 342 g/mol. The SMILES string of the molecule is COc1cc(O)cc(-c2cc(C)c3nc(Nc4ccncc4)nnc3c2)c1. The van der Waals surface area contributed by atoms with Crippen LogP contribution in [0.3, 0.4) is 0 Å². The van der Waals surface area contributed by atoms with Crippen molar-refractivity contribution in [1.82, 2.24) is 20.2 Å². The van der Waals surface area contributed by atoms with Crippen LogP contribution in [0.2, 0.25) is 0 Å². The van der Waals surface area contributed by atoms with E-state index in [1.165, 1.54) is 0 Å². The summed E-state index contributed by atoms with van der Waals surface area (Å²) in [5, 5.41) is 21.5. The number of fused-ring (bicyclic) bond motifs is 1. The van der Waals surface area contributed by atoms with Gasteiger partial charge in [-0.25, -0.2) is 4.98 Å². The van der Waals surface area contributed by atoms with Crippen molar-refractivity contribution < 1.29 is 9.84 Å². The molecule has 2 aromatic heterocycles. The molecule has 2 heterocycles. The second kappa shape index (κ2) is 6.87. The van der Waals surface area contributed by atoms with E-state index in [1.807, 2.05) is 37.3 Å². The van der Waals surface area contributed by atoms with Gasteiger partial charge >= 0.3 is 0 Å². The summed E-state index contributed by atoms with van der Waals surface area (Å²) >= 11 is 0. The highest BCUT2D eigenvalue weighted by Crippen LogP contribution is 2.31. The molecule has 0 saturated carbocycles. The van der Waals surface area contributed by atoms with Gasteiger partial charge in [-0.2, -0.15) is 0 Å². The van der Waals surface area contributed by atoms with Crippen LogP contribution in [0.5, 0.6) is 11.5 Å². The summed E-state index contributed by atoms with van der Waals surface area (Å²) in [6.45, 7) is 1.97. The first-order valence-electron chi connectivity index (χ1n) is 8.33. The number of phenolic OH excluding ortho intramolecular Hbond substituents is 1. The lowest BCUT2D eigenvalue weighted by molar-refractivity contribution is 0.408. The molecule has 0 fully saturated rings. The van der Waals surface area contributed by atoms with E-state index in [0.29, 0.717) is 17.2 Å². The molecule has 7 heteroatoms. The Bertz CT molecular complexity index is 1120. The van der Waals surface area contributed by atoms with Crippen molar-refractivity contribution in [1.29, 1.82) is 0 Å². The van der Waals surface area contributed by atoms with E-state index in [9.17, 15) is 5.11 Å². The van der Waals surface area contributed by atoms with E-state index >= 15 is 0 Å². The highest BCUT2D eigenvalue weighted by Gasteiger charge is 2.10. The molecule has 7 nitrogen and oxygen atoms in total. The fourth-order valence-electron chi connectivity index (χ4n) is 2.86. The maximum atomic E-state index is 9.91. The summed E-state index contributed by atoms with van der Waals surface area (Å²) in [5.41, 5.74) is 4.97. The first-order valence-corrected chi connectivity index (χ1v) is 8.33. The van der Waals surface area contributed by atoms with Crippen molar-refractivity contribution in [2.45, 2.75) is 6.92 Å². The zero-order valence-electron chi connectivity index (χ0n) is 14.8. The van der Waals surface area contributed by atoms with Crippen LogP contribution in [0.1, 0.15) is 5.56 Å². The quantitative estimate of drug-likeness (QED) is 0.571. The van der Waals surface area contributed by atoms with Crippen molar-refractivity contribution in [3.05, 3.63) is 60.4 Å². The molecule has 4 rings (SSSR count). The molecule has 2 N–H and O–H groups in total. The largest absolute Gasteiger partial charge is 0.508 e. The fraction of sp³-hybridized carbons (Fsp3) is 0.100. The minimum Gasteiger partial charge on any atom is -0.508 e. The number of anilines is 2. The Morgan fingerprint density at radius 2 is 1.74 bits per heavy atom. The van der Waals surface area contributed by atoms with E-state index in [0.717, 1.165) is 27.9 Å². The van der Waals surface area contributed by atoms with E-state index < -0.39 is 0 Å². The van der Waals surface area contributed by atoms with Crippen molar-refractivity contribution in [3.63, 3.8) is 0 Å². The number of aromatic nitrogens is 4. The normalized spacial score (nSPS) is 10.7. The fourth-order valence-corrected chi connectivity index (χ4v) is 2.86. The number of ether oxygens (including phenoxy) is 1. The van der Waals surface area contributed by atoms with Crippen LogP contribution in [-0.2, 0) is 0 Å². The minimum absolute atomic E-state index is 0.142. The van der Waals surface area contributed by atoms with Gasteiger partial charge in [-0.05, 0) is 60.0 Å². The number of aromatic hydroxyl groups is 1. The lowest BCUT2D eigenvalue weighted by Crippen LogP contribution is -2.01. The highest BCUT2D eigenvalue weighted by atomic mass is 16.5. The molecule has 0 unspecified atom stereocenters. The molecule has 0 bridgehead atoms. The monoisotopic (exact) mass is 359 g/mol. The number of hydrogen-bond donors (Lipinski definition) is 2. The lowest BCUT2D eigenvalue weighted by Gasteiger charge is -2.10. The number of phenols is 1. The molecule has 0 saturated heterocycles. The third-order valence-electron chi connectivity index (χ3n) is 4.15. The number of pyridine rings is 1. The van der Waals surface area contributed by atoms with Gasteiger partial charge in [-0.3, -0.25) is 4.98 Å². The second-order valence-electron chi connectivity index (χ2n) is 6.08. The smallest absolute Gasteiger partial charge is 0.247 e. The van der Waals surface area contributed by atoms with E-state index in [1.54, 1.807) is 31.6 Å². The van der Waals surface area contributed by atoms with E-state index in [2.05, 4.69) is 25.5 Å². The van der Waals surface area contributed by atoms with Gasteiger partial charge in [0.05, 0.1) is 12.6 Å². The Kier molecular flexibility index (Phi) is 4.25. The van der Waals surface area contributed by atoms with Gasteiger partial charge in [0.25, 0.3) is 0 Å². The van der Waals surface area contributed by atoms with Crippen molar-refractivity contribution >= 4 is 22.7 Å². The first-order chi connectivity index (χ1) is 13.1. The van der Waals surface area contributed by atoms with Gasteiger partial charge in [0.15, 0.2) is 0 Å². The van der Waals surface area contributed by atoms with Crippen LogP contribution in [0.4, 0.5) is 11.6 Å². The van der Waals surface area contributed by atoms with Gasteiger partial charge in [0.1, 0.15) is 17.0 Å². The standard InChI is InChI=1S/C20H17N5O2/c1-12-7-13(14-8-16(26)11-17(9-14)27-2)10-18-19(12)23-20(25-24-18)22-15-3-5-21-6-4-15/h3-11,26H,1-2H3,(H,21,22,23,25). The Morgan fingerprint density at radius 3 is 2.52 bits per heavy atom. The van der Waals surface area contributed by atoms with Crippen LogP contribution in [0, 0.1) is 6.92 Å². The van der Waals surface area contributed by atoms with Crippen molar-refractivity contribution in [2.75, 3.05) is 12.4 Å². The lowest BCUT2D eigenvalue weighted by atomic mass is 10.0.